The Morgan fingerprint density at radius 2 is 1.65 bits per heavy atom. The molecular weight excluding hydrogens is 466 g/mol. The zero-order valence-corrected chi connectivity index (χ0v) is 22.7. The maximum absolute atomic E-state index is 13.4. The lowest BCUT2D eigenvalue weighted by Gasteiger charge is -2.38. The lowest BCUT2D eigenvalue weighted by molar-refractivity contribution is -0.139. The van der Waals surface area contributed by atoms with E-state index in [9.17, 15) is 9.59 Å². The van der Waals surface area contributed by atoms with E-state index in [1.54, 1.807) is 14.2 Å². The second kappa shape index (κ2) is 12.0. The van der Waals surface area contributed by atoms with Gasteiger partial charge in [-0.2, -0.15) is 0 Å². The van der Waals surface area contributed by atoms with Crippen molar-refractivity contribution in [1.82, 2.24) is 15.1 Å². The van der Waals surface area contributed by atoms with Gasteiger partial charge in [0.2, 0.25) is 11.8 Å². The first-order valence-electron chi connectivity index (χ1n) is 13.4. The molecule has 0 saturated carbocycles. The highest BCUT2D eigenvalue weighted by Crippen LogP contribution is 2.42. The summed E-state index contributed by atoms with van der Waals surface area (Å²) in [5.41, 5.74) is 1.92. The van der Waals surface area contributed by atoms with Crippen molar-refractivity contribution in [2.45, 2.75) is 52.1 Å². The molecule has 2 aromatic carbocycles. The molecule has 2 aromatic rings. The average molecular weight is 508 g/mol. The minimum Gasteiger partial charge on any atom is -0.497 e. The molecule has 7 nitrogen and oxygen atoms in total. The van der Waals surface area contributed by atoms with Gasteiger partial charge in [-0.15, -0.1) is 0 Å². The highest BCUT2D eigenvalue weighted by Gasteiger charge is 2.47. The number of carbonyl (C=O) groups is 2. The molecule has 1 spiro atoms. The van der Waals surface area contributed by atoms with E-state index < -0.39 is 0 Å². The lowest BCUT2D eigenvalue weighted by atomic mass is 9.77. The van der Waals surface area contributed by atoms with Crippen molar-refractivity contribution in [2.24, 2.45) is 11.3 Å². The Bertz CT molecular complexity index is 1060. The maximum Gasteiger partial charge on any atom is 0.229 e. The van der Waals surface area contributed by atoms with Crippen molar-refractivity contribution >= 4 is 11.8 Å². The van der Waals surface area contributed by atoms with E-state index in [2.05, 4.69) is 10.2 Å². The van der Waals surface area contributed by atoms with E-state index >= 15 is 0 Å². The number of likely N-dealkylation sites (tertiary alicyclic amines) is 2. The standard InChI is InChI=1S/C30H41N3O4/c1-22(2)28(34)31-26(25-7-5-6-8-27(25)37-4)13-17-32-18-14-30(15-19-32)16-20-33(29(30)35)21-23-9-11-24(36-3)12-10-23/h5-12,22,26H,13-21H2,1-4H3,(H,31,34). The molecule has 2 aliphatic heterocycles. The lowest BCUT2D eigenvalue weighted by Crippen LogP contribution is -2.45. The second-order valence-corrected chi connectivity index (χ2v) is 10.7. The fraction of sp³-hybridized carbons (Fsp3) is 0.533. The van der Waals surface area contributed by atoms with Crippen LogP contribution >= 0.6 is 0 Å². The number of ether oxygens (including phenoxy) is 2. The molecule has 1 unspecified atom stereocenters. The quantitative estimate of drug-likeness (QED) is 0.516. The Morgan fingerprint density at radius 3 is 2.30 bits per heavy atom. The van der Waals surface area contributed by atoms with Gasteiger partial charge in [-0.25, -0.2) is 0 Å². The maximum atomic E-state index is 13.4. The van der Waals surface area contributed by atoms with Gasteiger partial charge < -0.3 is 24.6 Å². The SMILES string of the molecule is COc1ccc(CN2CCC3(CCN(CCC(NC(=O)C(C)C)c4ccccc4OC)CC3)C2=O)cc1. The molecule has 2 fully saturated rings. The van der Waals surface area contributed by atoms with Crippen LogP contribution in [-0.2, 0) is 16.1 Å². The van der Waals surface area contributed by atoms with Crippen LogP contribution in [0.2, 0.25) is 0 Å². The van der Waals surface area contributed by atoms with Crippen molar-refractivity contribution in [3.63, 3.8) is 0 Å². The van der Waals surface area contributed by atoms with Crippen molar-refractivity contribution < 1.29 is 19.1 Å². The molecule has 200 valence electrons. The monoisotopic (exact) mass is 507 g/mol. The number of carbonyl (C=O) groups excluding carboxylic acids is 2. The second-order valence-electron chi connectivity index (χ2n) is 10.7. The largest absolute Gasteiger partial charge is 0.497 e. The van der Waals surface area contributed by atoms with Crippen molar-refractivity contribution in [3.8, 4) is 11.5 Å². The van der Waals surface area contributed by atoms with Gasteiger partial charge in [0.15, 0.2) is 0 Å². The molecule has 0 radical (unpaired) electrons. The average Bonchev–Trinajstić information content (AvgIpc) is 3.21. The number of hydrogen-bond donors (Lipinski definition) is 1. The van der Waals surface area contributed by atoms with Gasteiger partial charge in [0.25, 0.3) is 0 Å². The number of methoxy groups -OCH3 is 2. The normalized spacial score (nSPS) is 18.3. The molecule has 1 N–H and O–H groups in total. The smallest absolute Gasteiger partial charge is 0.229 e. The predicted molar refractivity (Wildman–Crippen MR) is 144 cm³/mol. The number of benzene rings is 2. The van der Waals surface area contributed by atoms with Crippen LogP contribution in [0.15, 0.2) is 48.5 Å². The van der Waals surface area contributed by atoms with E-state index in [1.807, 2.05) is 67.3 Å². The summed E-state index contributed by atoms with van der Waals surface area (Å²) < 4.78 is 10.8. The molecule has 4 rings (SSSR count). The highest BCUT2D eigenvalue weighted by molar-refractivity contribution is 5.85. The molecule has 37 heavy (non-hydrogen) atoms. The van der Waals surface area contributed by atoms with Crippen LogP contribution in [0.5, 0.6) is 11.5 Å². The fourth-order valence-corrected chi connectivity index (χ4v) is 5.57. The van der Waals surface area contributed by atoms with Gasteiger partial charge in [0.05, 0.1) is 25.7 Å². The summed E-state index contributed by atoms with van der Waals surface area (Å²) in [6, 6.07) is 15.8. The summed E-state index contributed by atoms with van der Waals surface area (Å²) in [5.74, 6) is 1.89. The zero-order valence-electron chi connectivity index (χ0n) is 22.7. The number of piperidine rings is 1. The molecule has 0 aromatic heterocycles. The minimum absolute atomic E-state index is 0.0435. The molecule has 0 bridgehead atoms. The first kappa shape index (κ1) is 27.0. The number of rotatable bonds is 10. The molecule has 2 saturated heterocycles. The van der Waals surface area contributed by atoms with Gasteiger partial charge in [-0.05, 0) is 62.5 Å². The highest BCUT2D eigenvalue weighted by atomic mass is 16.5. The number of nitrogens with one attached hydrogen (secondary N) is 1. The van der Waals surface area contributed by atoms with E-state index in [0.717, 1.165) is 74.5 Å². The molecule has 2 amide bonds. The zero-order chi connectivity index (χ0) is 26.4. The summed E-state index contributed by atoms with van der Waals surface area (Å²) in [7, 11) is 3.33. The van der Waals surface area contributed by atoms with Crippen LogP contribution in [0, 0.1) is 11.3 Å². The van der Waals surface area contributed by atoms with E-state index in [1.165, 1.54) is 0 Å². The van der Waals surface area contributed by atoms with Crippen LogP contribution in [-0.4, -0.2) is 62.0 Å². The number of nitrogens with zero attached hydrogens (tertiary/aromatic N) is 2. The predicted octanol–water partition coefficient (Wildman–Crippen LogP) is 4.42. The summed E-state index contributed by atoms with van der Waals surface area (Å²) >= 11 is 0. The van der Waals surface area contributed by atoms with Crippen molar-refractivity contribution in [2.75, 3.05) is 40.4 Å². The Labute approximate surface area is 221 Å². The Balaban J connectivity index is 1.33. The summed E-state index contributed by atoms with van der Waals surface area (Å²) in [4.78, 5) is 30.5. The fourth-order valence-electron chi connectivity index (χ4n) is 5.57. The van der Waals surface area contributed by atoms with Crippen LogP contribution in [0.3, 0.4) is 0 Å². The van der Waals surface area contributed by atoms with E-state index in [4.69, 9.17) is 9.47 Å². The van der Waals surface area contributed by atoms with Gasteiger partial charge in [0.1, 0.15) is 11.5 Å². The molecule has 1 atom stereocenters. The van der Waals surface area contributed by atoms with E-state index in [0.29, 0.717) is 12.5 Å². The summed E-state index contributed by atoms with van der Waals surface area (Å²) in [6.45, 7) is 7.97. The van der Waals surface area contributed by atoms with Crippen LogP contribution < -0.4 is 14.8 Å². The Kier molecular flexibility index (Phi) is 8.75. The van der Waals surface area contributed by atoms with Crippen LogP contribution in [0.25, 0.3) is 0 Å². The van der Waals surface area contributed by atoms with Crippen molar-refractivity contribution in [1.29, 1.82) is 0 Å². The molecule has 2 aliphatic rings. The van der Waals surface area contributed by atoms with Gasteiger partial charge in [-0.3, -0.25) is 9.59 Å². The van der Waals surface area contributed by atoms with Gasteiger partial charge in [-0.1, -0.05) is 44.2 Å². The number of para-hydroxylation sites is 1. The molecular formula is C30H41N3O4. The van der Waals surface area contributed by atoms with Gasteiger partial charge >= 0.3 is 0 Å². The summed E-state index contributed by atoms with van der Waals surface area (Å²) in [5, 5.41) is 3.22. The van der Waals surface area contributed by atoms with E-state index in [-0.39, 0.29) is 23.3 Å². The van der Waals surface area contributed by atoms with Crippen LogP contribution in [0.4, 0.5) is 0 Å². The number of hydrogen-bond acceptors (Lipinski definition) is 5. The third-order valence-electron chi connectivity index (χ3n) is 8.04. The van der Waals surface area contributed by atoms with Crippen molar-refractivity contribution in [3.05, 3.63) is 59.7 Å². The summed E-state index contributed by atoms with van der Waals surface area (Å²) in [6.07, 6.45) is 3.51. The minimum atomic E-state index is -0.225. The first-order chi connectivity index (χ1) is 17.8. The number of amides is 2. The third-order valence-corrected chi connectivity index (χ3v) is 8.04. The topological polar surface area (TPSA) is 71.1 Å². The van der Waals surface area contributed by atoms with Gasteiger partial charge in [0, 0.05) is 31.1 Å². The Hall–Kier alpha value is -3.06. The molecule has 7 heteroatoms. The first-order valence-corrected chi connectivity index (χ1v) is 13.4. The molecule has 0 aliphatic carbocycles. The molecule has 2 heterocycles. The Morgan fingerprint density at radius 1 is 0.973 bits per heavy atom. The third kappa shape index (κ3) is 6.27. The van der Waals surface area contributed by atoms with Crippen LogP contribution in [0.1, 0.15) is 56.7 Å².